The number of hydrogen-bond donors (Lipinski definition) is 2. The maximum Gasteiger partial charge on any atom is 0.331 e. The maximum atomic E-state index is 13.1. The van der Waals surface area contributed by atoms with E-state index in [-0.39, 0.29) is 23.1 Å². The Kier molecular flexibility index (Phi) is 5.33. The van der Waals surface area contributed by atoms with E-state index in [0.29, 0.717) is 0 Å². The molecule has 0 amide bonds. The van der Waals surface area contributed by atoms with Crippen LogP contribution < -0.4 is 5.73 Å². The van der Waals surface area contributed by atoms with Gasteiger partial charge in [0.25, 0.3) is 0 Å². The summed E-state index contributed by atoms with van der Waals surface area (Å²) in [6.07, 6.45) is -0.632. The number of carbonyl (C=O) groups excluding carboxylic acids is 1. The Bertz CT molecular complexity index is 1080. The summed E-state index contributed by atoms with van der Waals surface area (Å²) in [4.78, 5) is 24.5. The number of esters is 1. The Morgan fingerprint density at radius 1 is 0.933 bits per heavy atom. The Labute approximate surface area is 179 Å². The van der Waals surface area contributed by atoms with Gasteiger partial charge in [-0.3, -0.25) is 4.79 Å². The number of carboxylic acids is 1. The molecular weight excluding hydrogens is 402 g/mol. The minimum absolute atomic E-state index is 0.0515. The molecule has 1 atom stereocenters. The fourth-order valence-corrected chi connectivity index (χ4v) is 4.37. The first-order valence-corrected chi connectivity index (χ1v) is 9.91. The summed E-state index contributed by atoms with van der Waals surface area (Å²) in [6.45, 7) is 0.0515. The van der Waals surface area contributed by atoms with Crippen molar-refractivity contribution in [3.05, 3.63) is 94.5 Å². The topological polar surface area (TPSA) is 89.6 Å². The minimum atomic E-state index is -1.89. The number of halogens is 1. The molecule has 0 spiro atoms. The second kappa shape index (κ2) is 7.94. The van der Waals surface area contributed by atoms with Gasteiger partial charge in [0.05, 0.1) is 6.42 Å². The van der Waals surface area contributed by atoms with Crippen molar-refractivity contribution in [3.63, 3.8) is 0 Å². The van der Waals surface area contributed by atoms with Gasteiger partial charge in [-0.2, -0.15) is 0 Å². The third-order valence-electron chi connectivity index (χ3n) is 5.49. The summed E-state index contributed by atoms with van der Waals surface area (Å²) in [6, 6.07) is 22.4. The standard InChI is InChI=1S/C24H20ClNO4/c25-21-12-6-5-11-20(21)24(26,13-22(27)28)23(29)30-14-19-17-9-3-1-7-15(17)16-8-2-4-10-18(16)19/h1-12,19H,13-14,26H2,(H,27,28)/t24-/m1/s1. The van der Waals surface area contributed by atoms with E-state index in [1.165, 1.54) is 0 Å². The van der Waals surface area contributed by atoms with E-state index >= 15 is 0 Å². The van der Waals surface area contributed by atoms with Gasteiger partial charge in [-0.15, -0.1) is 0 Å². The number of fused-ring (bicyclic) bond motifs is 3. The number of hydrogen-bond acceptors (Lipinski definition) is 4. The van der Waals surface area contributed by atoms with Crippen LogP contribution in [0, 0.1) is 0 Å². The predicted molar refractivity (Wildman–Crippen MR) is 114 cm³/mol. The van der Waals surface area contributed by atoms with Gasteiger partial charge in [-0.05, 0) is 28.3 Å². The van der Waals surface area contributed by atoms with E-state index in [1.54, 1.807) is 24.3 Å². The molecular formula is C24H20ClNO4. The lowest BCUT2D eigenvalue weighted by molar-refractivity contribution is -0.155. The summed E-state index contributed by atoms with van der Waals surface area (Å²) >= 11 is 6.22. The Hall–Kier alpha value is -3.15. The highest BCUT2D eigenvalue weighted by molar-refractivity contribution is 6.31. The van der Waals surface area contributed by atoms with Crippen molar-refractivity contribution in [1.29, 1.82) is 0 Å². The first-order chi connectivity index (χ1) is 14.4. The smallest absolute Gasteiger partial charge is 0.331 e. The van der Waals surface area contributed by atoms with Crippen molar-refractivity contribution in [2.24, 2.45) is 5.73 Å². The number of carbonyl (C=O) groups is 2. The maximum absolute atomic E-state index is 13.1. The summed E-state index contributed by atoms with van der Waals surface area (Å²) in [5, 5.41) is 9.58. The highest BCUT2D eigenvalue weighted by Crippen LogP contribution is 2.44. The minimum Gasteiger partial charge on any atom is -0.481 e. The third-order valence-corrected chi connectivity index (χ3v) is 5.82. The van der Waals surface area contributed by atoms with Gasteiger partial charge in [-0.25, -0.2) is 4.79 Å². The number of carboxylic acid groups (broad SMARTS) is 1. The van der Waals surface area contributed by atoms with Crippen LogP contribution in [0.15, 0.2) is 72.8 Å². The summed E-state index contributed by atoms with van der Waals surface area (Å²) in [5.74, 6) is -2.19. The van der Waals surface area contributed by atoms with Gasteiger partial charge in [-0.1, -0.05) is 78.3 Å². The Balaban J connectivity index is 1.63. The quantitative estimate of drug-likeness (QED) is 0.578. The van der Waals surface area contributed by atoms with Crippen molar-refractivity contribution < 1.29 is 19.4 Å². The lowest BCUT2D eigenvalue weighted by atomic mass is 9.87. The molecule has 0 unspecified atom stereocenters. The number of benzene rings is 3. The molecule has 0 radical (unpaired) electrons. The zero-order valence-corrected chi connectivity index (χ0v) is 16.8. The van der Waals surface area contributed by atoms with Crippen LogP contribution in [-0.4, -0.2) is 23.7 Å². The van der Waals surface area contributed by atoms with E-state index < -0.39 is 23.9 Å². The summed E-state index contributed by atoms with van der Waals surface area (Å²) in [7, 11) is 0. The van der Waals surface area contributed by atoms with Gasteiger partial charge in [0.2, 0.25) is 0 Å². The van der Waals surface area contributed by atoms with E-state index in [9.17, 15) is 14.7 Å². The van der Waals surface area contributed by atoms with Crippen LogP contribution in [-0.2, 0) is 19.9 Å². The van der Waals surface area contributed by atoms with Crippen molar-refractivity contribution >= 4 is 23.5 Å². The first kappa shape index (κ1) is 20.1. The molecule has 1 aliphatic carbocycles. The second-order valence-corrected chi connectivity index (χ2v) is 7.75. The van der Waals surface area contributed by atoms with Crippen molar-refractivity contribution in [2.45, 2.75) is 17.9 Å². The highest BCUT2D eigenvalue weighted by atomic mass is 35.5. The SMILES string of the molecule is N[C@@](CC(=O)O)(C(=O)OCC1c2ccccc2-c2ccccc21)c1ccccc1Cl. The molecule has 0 fully saturated rings. The molecule has 1 aliphatic rings. The average Bonchev–Trinajstić information content (AvgIpc) is 3.05. The fourth-order valence-electron chi connectivity index (χ4n) is 4.07. The monoisotopic (exact) mass is 421 g/mol. The lowest BCUT2D eigenvalue weighted by Crippen LogP contribution is -2.48. The van der Waals surface area contributed by atoms with Crippen LogP contribution in [0.2, 0.25) is 5.02 Å². The van der Waals surface area contributed by atoms with E-state index in [0.717, 1.165) is 22.3 Å². The number of rotatable bonds is 6. The Morgan fingerprint density at radius 2 is 1.47 bits per heavy atom. The average molecular weight is 422 g/mol. The van der Waals surface area contributed by atoms with Crippen molar-refractivity contribution in [1.82, 2.24) is 0 Å². The van der Waals surface area contributed by atoms with Crippen LogP contribution >= 0.6 is 11.6 Å². The normalized spacial score (nSPS) is 14.5. The molecule has 5 nitrogen and oxygen atoms in total. The van der Waals surface area contributed by atoms with Gasteiger partial charge >= 0.3 is 11.9 Å². The van der Waals surface area contributed by atoms with Crippen LogP contribution in [0.4, 0.5) is 0 Å². The molecule has 3 aromatic carbocycles. The predicted octanol–water partition coefficient (Wildman–Crippen LogP) is 4.32. The molecule has 30 heavy (non-hydrogen) atoms. The van der Waals surface area contributed by atoms with Gasteiger partial charge in [0.1, 0.15) is 6.61 Å². The highest BCUT2D eigenvalue weighted by Gasteiger charge is 2.42. The van der Waals surface area contributed by atoms with Gasteiger partial charge in [0, 0.05) is 16.5 Å². The third kappa shape index (κ3) is 3.47. The van der Waals surface area contributed by atoms with Gasteiger partial charge in [0.15, 0.2) is 5.54 Å². The lowest BCUT2D eigenvalue weighted by Gasteiger charge is -2.28. The second-order valence-electron chi connectivity index (χ2n) is 7.35. The molecule has 3 N–H and O–H groups in total. The first-order valence-electron chi connectivity index (χ1n) is 9.53. The fraction of sp³-hybridized carbons (Fsp3) is 0.167. The molecule has 0 aromatic heterocycles. The molecule has 0 saturated carbocycles. The van der Waals surface area contributed by atoms with Crippen molar-refractivity contribution in [2.75, 3.05) is 6.61 Å². The van der Waals surface area contributed by atoms with E-state index in [4.69, 9.17) is 22.1 Å². The zero-order valence-electron chi connectivity index (χ0n) is 16.0. The largest absolute Gasteiger partial charge is 0.481 e. The van der Waals surface area contributed by atoms with Crippen molar-refractivity contribution in [3.8, 4) is 11.1 Å². The van der Waals surface area contributed by atoms with Crippen LogP contribution in [0.5, 0.6) is 0 Å². The van der Waals surface area contributed by atoms with Gasteiger partial charge < -0.3 is 15.6 Å². The number of ether oxygens (including phenoxy) is 1. The molecule has 6 heteroatoms. The van der Waals surface area contributed by atoms with Crippen LogP contribution in [0.3, 0.4) is 0 Å². The summed E-state index contributed by atoms with van der Waals surface area (Å²) < 4.78 is 5.63. The molecule has 0 bridgehead atoms. The van der Waals surface area contributed by atoms with Crippen LogP contribution in [0.25, 0.3) is 11.1 Å². The zero-order chi connectivity index (χ0) is 21.3. The molecule has 0 saturated heterocycles. The number of aliphatic carboxylic acids is 1. The number of nitrogens with two attached hydrogens (primary N) is 1. The molecule has 3 aromatic rings. The molecule has 0 aliphatic heterocycles. The molecule has 4 rings (SSSR count). The molecule has 0 heterocycles. The summed E-state index contributed by atoms with van der Waals surface area (Å²) in [5.41, 5.74) is 8.96. The van der Waals surface area contributed by atoms with Crippen LogP contribution in [0.1, 0.15) is 29.0 Å². The molecule has 152 valence electrons. The van der Waals surface area contributed by atoms with E-state index in [1.807, 2.05) is 48.5 Å². The van der Waals surface area contributed by atoms with E-state index in [2.05, 4.69) is 0 Å². The Morgan fingerprint density at radius 3 is 2.03 bits per heavy atom.